The normalized spacial score (nSPS) is 11.8. The lowest BCUT2D eigenvalue weighted by Gasteiger charge is -2.15. The van der Waals surface area contributed by atoms with E-state index in [1.54, 1.807) is 12.1 Å². The standard InChI is InChI=1S/C26H25N3O2S/c1-17-12-15-20(25(30)27-18(2)13-14-19-8-4-3-5-9-19)16-22(17)28-26(31)24-21-10-6-7-11-23(21)32-29-24/h3-12,15-16,18H,13-14H2,1-2H3,(H,27,30)(H,28,31)/t18-/m0/s1. The van der Waals surface area contributed by atoms with E-state index < -0.39 is 0 Å². The Hall–Kier alpha value is -3.51. The van der Waals surface area contributed by atoms with Gasteiger partial charge in [-0.05, 0) is 67.5 Å². The number of nitrogens with one attached hydrogen (secondary N) is 2. The SMILES string of the molecule is Cc1ccc(C(=O)N[C@@H](C)CCc2ccccc2)cc1NC(=O)c1nsc2ccccc12. The number of aryl methyl sites for hydroxylation is 2. The van der Waals surface area contributed by atoms with Crippen molar-refractivity contribution in [3.8, 4) is 0 Å². The monoisotopic (exact) mass is 443 g/mol. The lowest BCUT2D eigenvalue weighted by molar-refractivity contribution is 0.0937. The van der Waals surface area contributed by atoms with Gasteiger partial charge in [-0.2, -0.15) is 4.37 Å². The fourth-order valence-electron chi connectivity index (χ4n) is 3.54. The van der Waals surface area contributed by atoms with E-state index in [1.807, 2.05) is 62.4 Å². The molecule has 0 saturated heterocycles. The number of anilines is 1. The van der Waals surface area contributed by atoms with Gasteiger partial charge in [-0.25, -0.2) is 0 Å². The highest BCUT2D eigenvalue weighted by molar-refractivity contribution is 7.13. The fourth-order valence-corrected chi connectivity index (χ4v) is 4.31. The van der Waals surface area contributed by atoms with Gasteiger partial charge in [0.15, 0.2) is 0 Å². The molecule has 2 amide bonds. The first-order valence-corrected chi connectivity index (χ1v) is 11.4. The van der Waals surface area contributed by atoms with Crippen molar-refractivity contribution in [1.82, 2.24) is 9.69 Å². The summed E-state index contributed by atoms with van der Waals surface area (Å²) < 4.78 is 5.28. The van der Waals surface area contributed by atoms with Crippen molar-refractivity contribution < 1.29 is 9.59 Å². The van der Waals surface area contributed by atoms with Crippen LogP contribution >= 0.6 is 11.5 Å². The molecule has 0 spiro atoms. The Morgan fingerprint density at radius 2 is 1.72 bits per heavy atom. The molecule has 5 nitrogen and oxygen atoms in total. The third kappa shape index (κ3) is 5.03. The average Bonchev–Trinajstić information content (AvgIpc) is 3.24. The van der Waals surface area contributed by atoms with E-state index in [2.05, 4.69) is 27.1 Å². The number of fused-ring (bicyclic) bond motifs is 1. The van der Waals surface area contributed by atoms with E-state index in [4.69, 9.17) is 0 Å². The second-order valence-corrected chi connectivity index (χ2v) is 8.71. The van der Waals surface area contributed by atoms with Crippen molar-refractivity contribution in [2.75, 3.05) is 5.32 Å². The summed E-state index contributed by atoms with van der Waals surface area (Å²) in [4.78, 5) is 25.6. The van der Waals surface area contributed by atoms with E-state index in [1.165, 1.54) is 17.1 Å². The predicted octanol–water partition coefficient (Wildman–Crippen LogP) is 5.61. The number of hydrogen-bond donors (Lipinski definition) is 2. The van der Waals surface area contributed by atoms with Crippen LogP contribution in [0.1, 0.15) is 45.3 Å². The van der Waals surface area contributed by atoms with Crippen LogP contribution in [0.3, 0.4) is 0 Å². The molecule has 1 heterocycles. The molecule has 3 aromatic carbocycles. The number of nitrogens with zero attached hydrogens (tertiary/aromatic N) is 1. The van der Waals surface area contributed by atoms with Gasteiger partial charge in [0, 0.05) is 22.7 Å². The molecule has 0 saturated carbocycles. The molecule has 0 bridgehead atoms. The van der Waals surface area contributed by atoms with E-state index >= 15 is 0 Å². The Balaban J connectivity index is 1.42. The van der Waals surface area contributed by atoms with Crippen molar-refractivity contribution >= 4 is 39.1 Å². The van der Waals surface area contributed by atoms with E-state index in [0.29, 0.717) is 16.9 Å². The maximum absolute atomic E-state index is 12.9. The minimum atomic E-state index is -0.278. The molecule has 4 aromatic rings. The molecule has 0 fully saturated rings. The molecule has 0 aliphatic rings. The average molecular weight is 444 g/mol. The van der Waals surface area contributed by atoms with Gasteiger partial charge in [-0.15, -0.1) is 0 Å². The quantitative estimate of drug-likeness (QED) is 0.390. The minimum absolute atomic E-state index is 0.0309. The van der Waals surface area contributed by atoms with Crippen LogP contribution in [0, 0.1) is 6.92 Å². The first kappa shape index (κ1) is 21.7. The Morgan fingerprint density at radius 1 is 0.969 bits per heavy atom. The second-order valence-electron chi connectivity index (χ2n) is 7.91. The van der Waals surface area contributed by atoms with Crippen molar-refractivity contribution in [2.45, 2.75) is 32.7 Å². The lowest BCUT2D eigenvalue weighted by Crippen LogP contribution is -2.33. The molecule has 0 unspecified atom stereocenters. The minimum Gasteiger partial charge on any atom is -0.350 e. The van der Waals surface area contributed by atoms with Crippen LogP contribution < -0.4 is 10.6 Å². The fraction of sp³-hybridized carbons (Fsp3) is 0.192. The number of carbonyl (C=O) groups is 2. The largest absolute Gasteiger partial charge is 0.350 e. The molecule has 32 heavy (non-hydrogen) atoms. The highest BCUT2D eigenvalue weighted by Gasteiger charge is 2.17. The van der Waals surface area contributed by atoms with Gasteiger partial charge < -0.3 is 10.6 Å². The number of carbonyl (C=O) groups excluding carboxylic acids is 2. The number of aromatic nitrogens is 1. The van der Waals surface area contributed by atoms with Gasteiger partial charge in [-0.1, -0.05) is 54.6 Å². The first-order valence-electron chi connectivity index (χ1n) is 10.6. The summed E-state index contributed by atoms with van der Waals surface area (Å²) in [6, 6.07) is 23.3. The molecule has 162 valence electrons. The maximum Gasteiger partial charge on any atom is 0.276 e. The highest BCUT2D eigenvalue weighted by atomic mass is 32.1. The smallest absolute Gasteiger partial charge is 0.276 e. The zero-order valence-corrected chi connectivity index (χ0v) is 18.9. The summed E-state index contributed by atoms with van der Waals surface area (Å²) in [5, 5.41) is 6.81. The zero-order valence-electron chi connectivity index (χ0n) is 18.1. The van der Waals surface area contributed by atoms with Gasteiger partial charge in [0.25, 0.3) is 11.8 Å². The van der Waals surface area contributed by atoms with Gasteiger partial charge in [0.2, 0.25) is 0 Å². The molecule has 0 aliphatic heterocycles. The summed E-state index contributed by atoms with van der Waals surface area (Å²) >= 11 is 1.30. The lowest BCUT2D eigenvalue weighted by atomic mass is 10.1. The van der Waals surface area contributed by atoms with Crippen molar-refractivity contribution in [3.63, 3.8) is 0 Å². The Labute approximate surface area is 191 Å². The van der Waals surface area contributed by atoms with Crippen molar-refractivity contribution in [3.05, 3.63) is 95.2 Å². The van der Waals surface area contributed by atoms with Crippen LogP contribution in [-0.2, 0) is 6.42 Å². The first-order chi connectivity index (χ1) is 15.5. The number of rotatable bonds is 7. The van der Waals surface area contributed by atoms with Gasteiger partial charge in [0.1, 0.15) is 5.69 Å². The maximum atomic E-state index is 12.9. The van der Waals surface area contributed by atoms with Gasteiger partial charge in [0.05, 0.1) is 4.70 Å². The molecule has 4 rings (SSSR count). The highest BCUT2D eigenvalue weighted by Crippen LogP contribution is 2.24. The van der Waals surface area contributed by atoms with Crippen LogP contribution in [0.2, 0.25) is 0 Å². The van der Waals surface area contributed by atoms with Crippen LogP contribution in [0.25, 0.3) is 10.1 Å². The Kier molecular flexibility index (Phi) is 6.61. The molecule has 2 N–H and O–H groups in total. The number of benzene rings is 3. The van der Waals surface area contributed by atoms with Crippen LogP contribution in [0.4, 0.5) is 5.69 Å². The van der Waals surface area contributed by atoms with Crippen LogP contribution in [-0.4, -0.2) is 22.2 Å². The summed E-state index contributed by atoms with van der Waals surface area (Å²) in [5.74, 6) is -0.431. The summed E-state index contributed by atoms with van der Waals surface area (Å²) in [7, 11) is 0. The van der Waals surface area contributed by atoms with E-state index in [0.717, 1.165) is 28.5 Å². The third-order valence-electron chi connectivity index (χ3n) is 5.43. The molecule has 6 heteroatoms. The third-order valence-corrected chi connectivity index (χ3v) is 6.25. The number of hydrogen-bond acceptors (Lipinski definition) is 4. The van der Waals surface area contributed by atoms with E-state index in [-0.39, 0.29) is 17.9 Å². The van der Waals surface area contributed by atoms with E-state index in [9.17, 15) is 9.59 Å². The molecule has 1 aromatic heterocycles. The molecule has 1 atom stereocenters. The van der Waals surface area contributed by atoms with Gasteiger partial charge in [-0.3, -0.25) is 9.59 Å². The van der Waals surface area contributed by atoms with Gasteiger partial charge >= 0.3 is 0 Å². The predicted molar refractivity (Wildman–Crippen MR) is 130 cm³/mol. The summed E-state index contributed by atoms with van der Waals surface area (Å²) in [5.41, 5.74) is 3.65. The summed E-state index contributed by atoms with van der Waals surface area (Å²) in [6.45, 7) is 3.91. The molecule has 0 aliphatic carbocycles. The molecular formula is C26H25N3O2S. The number of amides is 2. The van der Waals surface area contributed by atoms with Crippen molar-refractivity contribution in [1.29, 1.82) is 0 Å². The van der Waals surface area contributed by atoms with Crippen molar-refractivity contribution in [2.24, 2.45) is 0 Å². The van der Waals surface area contributed by atoms with Crippen LogP contribution in [0.5, 0.6) is 0 Å². The van der Waals surface area contributed by atoms with Crippen LogP contribution in [0.15, 0.2) is 72.8 Å². The summed E-state index contributed by atoms with van der Waals surface area (Å²) in [6.07, 6.45) is 1.75. The zero-order chi connectivity index (χ0) is 22.5. The molecule has 0 radical (unpaired) electrons. The Morgan fingerprint density at radius 3 is 2.53 bits per heavy atom. The topological polar surface area (TPSA) is 71.1 Å². The molecular weight excluding hydrogens is 418 g/mol. The Bertz CT molecular complexity index is 1250. The second kappa shape index (κ2) is 9.75.